The summed E-state index contributed by atoms with van der Waals surface area (Å²) in [6.45, 7) is 5.95. The minimum absolute atomic E-state index is 0.240. The van der Waals surface area contributed by atoms with E-state index in [1.165, 1.54) is 17.7 Å². The zero-order chi connectivity index (χ0) is 19.4. The molecule has 0 aromatic heterocycles. The van der Waals surface area contributed by atoms with Crippen LogP contribution < -0.4 is 9.80 Å². The van der Waals surface area contributed by atoms with Crippen molar-refractivity contribution in [2.24, 2.45) is 0 Å². The second kappa shape index (κ2) is 6.20. The Bertz CT molecular complexity index is 1120. The summed E-state index contributed by atoms with van der Waals surface area (Å²) in [7, 11) is 0. The Morgan fingerprint density at radius 1 is 0.786 bits per heavy atom. The van der Waals surface area contributed by atoms with Crippen LogP contribution in [0.4, 0.5) is 11.4 Å². The first-order chi connectivity index (χ1) is 13.6. The fourth-order valence-electron chi connectivity index (χ4n) is 4.49. The molecule has 0 aliphatic carbocycles. The maximum atomic E-state index is 13.4. The van der Waals surface area contributed by atoms with Crippen molar-refractivity contribution < 1.29 is 9.59 Å². The number of aryl methyl sites for hydroxylation is 2. The third-order valence-corrected chi connectivity index (χ3v) is 5.94. The quantitative estimate of drug-likeness (QED) is 0.605. The second-order valence-corrected chi connectivity index (χ2v) is 7.79. The Morgan fingerprint density at radius 3 is 2.25 bits per heavy atom. The molecule has 0 saturated carbocycles. The largest absolute Gasteiger partial charge is 0.371 e. The number of carbonyl (C=O) groups is 2. The van der Waals surface area contributed by atoms with Crippen LogP contribution in [0.5, 0.6) is 0 Å². The molecule has 3 aromatic carbocycles. The zero-order valence-corrected chi connectivity index (χ0v) is 16.2. The highest BCUT2D eigenvalue weighted by Gasteiger charge is 2.35. The smallest absolute Gasteiger partial charge is 0.265 e. The van der Waals surface area contributed by atoms with Gasteiger partial charge in [0.05, 0.1) is 5.69 Å². The molecule has 2 aliphatic heterocycles. The Kier molecular flexibility index (Phi) is 3.76. The number of amides is 2. The van der Waals surface area contributed by atoms with E-state index in [1.54, 1.807) is 0 Å². The average Bonchev–Trinajstić information content (AvgIpc) is 3.23. The van der Waals surface area contributed by atoms with E-state index < -0.39 is 0 Å². The van der Waals surface area contributed by atoms with E-state index in [0.717, 1.165) is 40.7 Å². The normalized spacial score (nSPS) is 16.4. The molecule has 0 spiro atoms. The topological polar surface area (TPSA) is 40.6 Å². The van der Waals surface area contributed by atoms with Crippen molar-refractivity contribution in [2.75, 3.05) is 22.9 Å². The van der Waals surface area contributed by atoms with E-state index >= 15 is 0 Å². The number of carbonyl (C=O) groups excluding carboxylic acids is 2. The van der Waals surface area contributed by atoms with Crippen molar-refractivity contribution in [3.8, 4) is 0 Å². The van der Waals surface area contributed by atoms with Crippen LogP contribution in [-0.4, -0.2) is 24.9 Å². The van der Waals surface area contributed by atoms with Crippen molar-refractivity contribution in [2.45, 2.75) is 26.7 Å². The van der Waals surface area contributed by atoms with Gasteiger partial charge in [-0.05, 0) is 62.1 Å². The maximum Gasteiger partial charge on any atom is 0.265 e. The molecule has 2 amide bonds. The second-order valence-electron chi connectivity index (χ2n) is 7.79. The highest BCUT2D eigenvalue weighted by atomic mass is 16.2. The molecule has 2 aliphatic rings. The fourth-order valence-corrected chi connectivity index (χ4v) is 4.49. The van der Waals surface area contributed by atoms with Crippen LogP contribution in [0.15, 0.2) is 48.5 Å². The molecule has 3 aromatic rings. The van der Waals surface area contributed by atoms with Gasteiger partial charge in [0.15, 0.2) is 0 Å². The number of benzene rings is 3. The van der Waals surface area contributed by atoms with Crippen LogP contribution in [0, 0.1) is 13.8 Å². The monoisotopic (exact) mass is 370 g/mol. The van der Waals surface area contributed by atoms with E-state index in [-0.39, 0.29) is 11.8 Å². The third kappa shape index (κ3) is 2.37. The van der Waals surface area contributed by atoms with Gasteiger partial charge < -0.3 is 4.90 Å². The van der Waals surface area contributed by atoms with Crippen LogP contribution in [0.25, 0.3) is 10.8 Å². The van der Waals surface area contributed by atoms with Crippen molar-refractivity contribution in [3.05, 3.63) is 70.8 Å². The number of anilines is 2. The minimum Gasteiger partial charge on any atom is -0.371 e. The molecular weight excluding hydrogens is 348 g/mol. The first kappa shape index (κ1) is 17.0. The van der Waals surface area contributed by atoms with Gasteiger partial charge in [0.25, 0.3) is 11.8 Å². The number of hydrogen-bond donors (Lipinski definition) is 0. The molecule has 0 atom stereocenters. The average molecular weight is 370 g/mol. The molecule has 1 saturated heterocycles. The third-order valence-electron chi connectivity index (χ3n) is 5.94. The molecule has 4 nitrogen and oxygen atoms in total. The molecule has 0 N–H and O–H groups in total. The van der Waals surface area contributed by atoms with Crippen molar-refractivity contribution in [1.29, 1.82) is 0 Å². The lowest BCUT2D eigenvalue weighted by Gasteiger charge is -2.30. The molecule has 4 heteroatoms. The van der Waals surface area contributed by atoms with Gasteiger partial charge in [-0.3, -0.25) is 9.59 Å². The molecular formula is C24H22N2O2. The summed E-state index contributed by atoms with van der Waals surface area (Å²) >= 11 is 0. The lowest BCUT2D eigenvalue weighted by atomic mass is 9.92. The predicted molar refractivity (Wildman–Crippen MR) is 112 cm³/mol. The molecule has 1 fully saturated rings. The molecule has 140 valence electrons. The van der Waals surface area contributed by atoms with Crippen LogP contribution >= 0.6 is 0 Å². The Hall–Kier alpha value is -3.14. The maximum absolute atomic E-state index is 13.4. The van der Waals surface area contributed by atoms with Gasteiger partial charge in [-0.25, -0.2) is 4.90 Å². The van der Waals surface area contributed by atoms with Crippen LogP contribution in [0.2, 0.25) is 0 Å². The van der Waals surface area contributed by atoms with Gasteiger partial charge in [-0.2, -0.15) is 0 Å². The van der Waals surface area contributed by atoms with Crippen molar-refractivity contribution in [1.82, 2.24) is 0 Å². The van der Waals surface area contributed by atoms with E-state index in [0.29, 0.717) is 16.8 Å². The molecule has 5 rings (SSSR count). The number of nitrogens with zero attached hydrogens (tertiary/aromatic N) is 2. The number of hydrogen-bond acceptors (Lipinski definition) is 3. The SMILES string of the molecule is Cc1ccc(C)c(N2C(=O)c3cccc4c(N5CCCC5)ccc(c34)C2=O)c1. The molecule has 0 unspecified atom stereocenters. The standard InChI is InChI=1S/C24H22N2O2/c1-15-8-9-16(2)21(14-15)26-23(27)18-7-5-6-17-20(25-12-3-4-13-25)11-10-19(22(17)18)24(26)28/h5-11,14H,3-4,12-13H2,1-2H3. The van der Waals surface area contributed by atoms with Gasteiger partial charge in [0.1, 0.15) is 0 Å². The summed E-state index contributed by atoms with van der Waals surface area (Å²) in [5.74, 6) is -0.481. The Labute approximate surface area is 164 Å². The van der Waals surface area contributed by atoms with Crippen LogP contribution in [-0.2, 0) is 0 Å². The first-order valence-electron chi connectivity index (χ1n) is 9.83. The lowest BCUT2D eigenvalue weighted by Crippen LogP contribution is -2.41. The lowest BCUT2D eigenvalue weighted by molar-refractivity contribution is 0.0893. The molecule has 0 radical (unpaired) electrons. The van der Waals surface area contributed by atoms with Crippen molar-refractivity contribution in [3.63, 3.8) is 0 Å². The number of rotatable bonds is 2. The molecule has 2 heterocycles. The fraction of sp³-hybridized carbons (Fsp3) is 0.250. The van der Waals surface area contributed by atoms with E-state index in [4.69, 9.17) is 0 Å². The Morgan fingerprint density at radius 2 is 1.50 bits per heavy atom. The highest BCUT2D eigenvalue weighted by Crippen LogP contribution is 2.39. The van der Waals surface area contributed by atoms with E-state index in [1.807, 2.05) is 62.4 Å². The van der Waals surface area contributed by atoms with Gasteiger partial charge >= 0.3 is 0 Å². The summed E-state index contributed by atoms with van der Waals surface area (Å²) in [6, 6.07) is 15.6. The highest BCUT2D eigenvalue weighted by molar-refractivity contribution is 6.36. The van der Waals surface area contributed by atoms with Gasteiger partial charge in [-0.15, -0.1) is 0 Å². The van der Waals surface area contributed by atoms with Crippen molar-refractivity contribution >= 4 is 34.0 Å². The summed E-state index contributed by atoms with van der Waals surface area (Å²) in [5.41, 5.74) is 4.94. The van der Waals surface area contributed by atoms with Crippen LogP contribution in [0.3, 0.4) is 0 Å². The zero-order valence-electron chi connectivity index (χ0n) is 16.2. The van der Waals surface area contributed by atoms with Crippen LogP contribution in [0.1, 0.15) is 44.7 Å². The molecule has 28 heavy (non-hydrogen) atoms. The van der Waals surface area contributed by atoms with Gasteiger partial charge in [0.2, 0.25) is 0 Å². The Balaban J connectivity index is 1.73. The predicted octanol–water partition coefficient (Wildman–Crippen LogP) is 4.86. The minimum atomic E-state index is -0.240. The first-order valence-corrected chi connectivity index (χ1v) is 9.83. The summed E-state index contributed by atoms with van der Waals surface area (Å²) in [5, 5.41) is 1.79. The van der Waals surface area contributed by atoms with Gasteiger partial charge in [0, 0.05) is 40.7 Å². The summed E-state index contributed by atoms with van der Waals surface area (Å²) < 4.78 is 0. The molecule has 0 bridgehead atoms. The van der Waals surface area contributed by atoms with E-state index in [2.05, 4.69) is 4.90 Å². The van der Waals surface area contributed by atoms with Gasteiger partial charge in [-0.1, -0.05) is 24.3 Å². The summed E-state index contributed by atoms with van der Waals surface area (Å²) in [6.07, 6.45) is 2.36. The summed E-state index contributed by atoms with van der Waals surface area (Å²) in [4.78, 5) is 30.5. The van der Waals surface area contributed by atoms with E-state index in [9.17, 15) is 9.59 Å². The number of imide groups is 1.